The van der Waals surface area contributed by atoms with Crippen LogP contribution in [0.15, 0.2) is 23.4 Å². The lowest BCUT2D eigenvalue weighted by Crippen LogP contribution is -2.43. The van der Waals surface area contributed by atoms with Crippen molar-refractivity contribution >= 4 is 33.2 Å². The number of aromatic nitrogens is 2. The van der Waals surface area contributed by atoms with E-state index in [0.717, 1.165) is 30.0 Å². The molecule has 0 spiro atoms. The van der Waals surface area contributed by atoms with E-state index in [-0.39, 0.29) is 11.4 Å². The third-order valence-corrected chi connectivity index (χ3v) is 5.98. The number of pyridine rings is 1. The van der Waals surface area contributed by atoms with Crippen LogP contribution in [0, 0.1) is 17.1 Å². The maximum atomic E-state index is 14.1. The number of amides is 1. The van der Waals surface area contributed by atoms with Crippen LogP contribution in [-0.4, -0.2) is 35.8 Å². The lowest BCUT2D eigenvalue weighted by molar-refractivity contribution is -0.00488. The fourth-order valence-electron chi connectivity index (χ4n) is 2.22. The van der Waals surface area contributed by atoms with Gasteiger partial charge in [0.1, 0.15) is 16.7 Å². The predicted octanol–water partition coefficient (Wildman–Crippen LogP) is 2.66. The second kappa shape index (κ2) is 8.02. The monoisotopic (exact) mass is 449 g/mol. The number of nitrogens with zero attached hydrogens (tertiary/aromatic N) is 3. The van der Waals surface area contributed by atoms with Crippen LogP contribution < -0.4 is 10.0 Å². The smallest absolute Gasteiger partial charge is 0.273 e. The molecule has 0 aliphatic rings. The summed E-state index contributed by atoms with van der Waals surface area (Å²) in [6.45, 7) is 1.52. The molecule has 2 N–H and O–H groups in total. The van der Waals surface area contributed by atoms with Crippen LogP contribution in [0.25, 0.3) is 0 Å². The van der Waals surface area contributed by atoms with Gasteiger partial charge in [0.15, 0.2) is 11.5 Å². The normalized spacial score (nSPS) is 13.0. The van der Waals surface area contributed by atoms with Gasteiger partial charge in [0.25, 0.3) is 11.8 Å². The molecule has 0 fully saturated rings. The Bertz CT molecular complexity index is 1110. The van der Waals surface area contributed by atoms with E-state index in [9.17, 15) is 26.4 Å². The van der Waals surface area contributed by atoms with E-state index < -0.39 is 49.3 Å². The maximum absolute atomic E-state index is 14.1. The van der Waals surface area contributed by atoms with Gasteiger partial charge >= 0.3 is 0 Å². The van der Waals surface area contributed by atoms with Crippen molar-refractivity contribution in [3.05, 3.63) is 40.7 Å². The van der Waals surface area contributed by atoms with Crippen LogP contribution in [0.1, 0.15) is 30.0 Å². The molecular formula is C16H15ClF3N5O3S. The van der Waals surface area contributed by atoms with Gasteiger partial charge in [-0.05, 0) is 13.0 Å². The van der Waals surface area contributed by atoms with Crippen molar-refractivity contribution in [2.75, 3.05) is 5.32 Å². The molecule has 0 aromatic carbocycles. The Morgan fingerprint density at radius 1 is 1.45 bits per heavy atom. The summed E-state index contributed by atoms with van der Waals surface area (Å²) in [4.78, 5) is 15.4. The van der Waals surface area contributed by atoms with Crippen LogP contribution >= 0.6 is 11.6 Å². The van der Waals surface area contributed by atoms with Gasteiger partial charge in [-0.25, -0.2) is 31.3 Å². The van der Waals surface area contributed by atoms with Crippen LogP contribution in [0.4, 0.5) is 18.9 Å². The summed E-state index contributed by atoms with van der Waals surface area (Å²) < 4.78 is 68.4. The van der Waals surface area contributed by atoms with E-state index in [1.807, 2.05) is 0 Å². The Labute approximate surface area is 169 Å². The topological polar surface area (TPSA) is 117 Å². The molecule has 2 aromatic heterocycles. The van der Waals surface area contributed by atoms with Gasteiger partial charge in [-0.2, -0.15) is 5.26 Å². The van der Waals surface area contributed by atoms with Crippen molar-refractivity contribution < 1.29 is 26.4 Å². The second-order valence-corrected chi connectivity index (χ2v) is 8.21. The first-order chi connectivity index (χ1) is 13.3. The zero-order chi connectivity index (χ0) is 22.1. The van der Waals surface area contributed by atoms with Crippen molar-refractivity contribution in [3.8, 4) is 6.07 Å². The van der Waals surface area contributed by atoms with Crippen molar-refractivity contribution in [3.63, 3.8) is 0 Å². The molecule has 2 aromatic rings. The van der Waals surface area contributed by atoms with Crippen molar-refractivity contribution in [2.24, 2.45) is 7.05 Å². The van der Waals surface area contributed by atoms with Gasteiger partial charge in [0, 0.05) is 26.4 Å². The molecule has 1 atom stereocenters. The average molecular weight is 450 g/mol. The van der Waals surface area contributed by atoms with Crippen molar-refractivity contribution in [2.45, 2.75) is 30.7 Å². The molecule has 8 nitrogen and oxygen atoms in total. The lowest BCUT2D eigenvalue weighted by Gasteiger charge is -2.20. The highest BCUT2D eigenvalue weighted by Crippen LogP contribution is 2.29. The Hall–Kier alpha value is -2.62. The zero-order valence-electron chi connectivity index (χ0n) is 15.3. The number of halogens is 4. The second-order valence-electron chi connectivity index (χ2n) is 6.15. The van der Waals surface area contributed by atoms with Gasteiger partial charge in [-0.15, -0.1) is 0 Å². The van der Waals surface area contributed by atoms with E-state index in [2.05, 4.69) is 10.3 Å². The van der Waals surface area contributed by atoms with Crippen molar-refractivity contribution in [1.82, 2.24) is 14.3 Å². The van der Waals surface area contributed by atoms with E-state index in [1.165, 1.54) is 13.1 Å². The van der Waals surface area contributed by atoms with Crippen LogP contribution in [0.5, 0.6) is 0 Å². The van der Waals surface area contributed by atoms with Gasteiger partial charge in [-0.1, -0.05) is 11.6 Å². The molecule has 156 valence electrons. The fourth-order valence-corrected chi connectivity index (χ4v) is 4.22. The molecular weight excluding hydrogens is 435 g/mol. The first-order valence-electron chi connectivity index (χ1n) is 7.90. The summed E-state index contributed by atoms with van der Waals surface area (Å²) in [7, 11) is -3.20. The molecule has 0 bridgehead atoms. The van der Waals surface area contributed by atoms with Crippen molar-refractivity contribution in [1.29, 1.82) is 5.26 Å². The van der Waals surface area contributed by atoms with Gasteiger partial charge in [-0.3, -0.25) is 4.79 Å². The minimum atomic E-state index is -4.49. The van der Waals surface area contributed by atoms with Crippen LogP contribution in [-0.2, 0) is 17.1 Å². The minimum Gasteiger partial charge on any atom is -0.344 e. The first-order valence-corrected chi connectivity index (χ1v) is 9.76. The SMILES string of the molecule is CC(NS(=O)(=O)c1cn(C)c(C(=O)Nc2ccnc(C#N)c2F)c1Cl)C(C)(F)F. The molecule has 2 heterocycles. The summed E-state index contributed by atoms with van der Waals surface area (Å²) in [5.41, 5.74) is -1.29. The molecule has 2 rings (SSSR count). The fraction of sp³-hybridized carbons (Fsp3) is 0.312. The Kier molecular flexibility index (Phi) is 6.27. The first kappa shape index (κ1) is 22.7. The zero-order valence-corrected chi connectivity index (χ0v) is 16.9. The van der Waals surface area contributed by atoms with Crippen LogP contribution in [0.2, 0.25) is 5.02 Å². The molecule has 29 heavy (non-hydrogen) atoms. The largest absolute Gasteiger partial charge is 0.344 e. The molecule has 0 aliphatic carbocycles. The Morgan fingerprint density at radius 2 is 2.07 bits per heavy atom. The highest BCUT2D eigenvalue weighted by atomic mass is 35.5. The number of anilines is 1. The number of carbonyl (C=O) groups is 1. The molecule has 13 heteroatoms. The number of aryl methyl sites for hydroxylation is 1. The number of carbonyl (C=O) groups excluding carboxylic acids is 1. The van der Waals surface area contributed by atoms with E-state index in [0.29, 0.717) is 6.92 Å². The summed E-state index contributed by atoms with van der Waals surface area (Å²) in [5.74, 6) is -5.41. The number of sulfonamides is 1. The average Bonchev–Trinajstić information content (AvgIpc) is 2.91. The summed E-state index contributed by atoms with van der Waals surface area (Å²) in [6, 6.07) is 0.861. The molecule has 1 amide bonds. The Balaban J connectivity index is 2.39. The number of nitriles is 1. The molecule has 0 saturated heterocycles. The number of alkyl halides is 2. The maximum Gasteiger partial charge on any atom is 0.273 e. The Morgan fingerprint density at radius 3 is 2.62 bits per heavy atom. The van der Waals surface area contributed by atoms with E-state index >= 15 is 0 Å². The lowest BCUT2D eigenvalue weighted by atomic mass is 10.2. The molecule has 0 aliphatic heterocycles. The van der Waals surface area contributed by atoms with E-state index in [4.69, 9.17) is 16.9 Å². The predicted molar refractivity (Wildman–Crippen MR) is 97.7 cm³/mol. The quantitative estimate of drug-likeness (QED) is 0.703. The highest BCUT2D eigenvalue weighted by molar-refractivity contribution is 7.89. The molecule has 0 radical (unpaired) electrons. The molecule has 0 saturated carbocycles. The number of nitrogens with one attached hydrogen (secondary N) is 2. The highest BCUT2D eigenvalue weighted by Gasteiger charge is 2.36. The van der Waals surface area contributed by atoms with Gasteiger partial charge < -0.3 is 9.88 Å². The number of hydrogen-bond acceptors (Lipinski definition) is 5. The van der Waals surface area contributed by atoms with Gasteiger partial charge in [0.2, 0.25) is 10.0 Å². The third kappa shape index (κ3) is 4.69. The number of hydrogen-bond donors (Lipinski definition) is 2. The number of rotatable bonds is 6. The summed E-state index contributed by atoms with van der Waals surface area (Å²) in [5, 5.41) is 10.4. The third-order valence-electron chi connectivity index (χ3n) is 3.93. The minimum absolute atomic E-state index is 0.363. The molecule has 1 unspecified atom stereocenters. The van der Waals surface area contributed by atoms with Gasteiger partial charge in [0.05, 0.1) is 16.8 Å². The summed E-state index contributed by atoms with van der Waals surface area (Å²) >= 11 is 6.02. The standard InChI is InChI=1S/C16H15ClF3N5O3S/c1-8(16(2,19)20)24-29(27,28)11-7-25(3)14(12(11)17)15(26)23-9-4-5-22-10(6-21)13(9)18/h4-5,7-8,24H,1-3H3,(H,22,23,26). The van der Waals surface area contributed by atoms with Crippen LogP contribution in [0.3, 0.4) is 0 Å². The van der Waals surface area contributed by atoms with E-state index in [1.54, 1.807) is 4.72 Å². The summed E-state index contributed by atoms with van der Waals surface area (Å²) in [6.07, 6.45) is 2.06.